The van der Waals surface area contributed by atoms with Gasteiger partial charge in [0.25, 0.3) is 0 Å². The standard InChI is InChI=1S/C13H13F3O3/c1-2-19-11(18)12(13(14,15)16)7-8-5-3-4-6-9(8)10(12)17/h3-6,8-9H,2,7H2,1H3. The lowest BCUT2D eigenvalue weighted by molar-refractivity contribution is -0.228. The van der Waals surface area contributed by atoms with Crippen LogP contribution in [0.2, 0.25) is 0 Å². The summed E-state index contributed by atoms with van der Waals surface area (Å²) in [5.74, 6) is -4.08. The van der Waals surface area contributed by atoms with Gasteiger partial charge in [-0.3, -0.25) is 9.59 Å². The molecule has 0 heterocycles. The van der Waals surface area contributed by atoms with Gasteiger partial charge in [0.15, 0.2) is 5.78 Å². The second-order valence-electron chi connectivity index (χ2n) is 4.65. The number of hydrogen-bond donors (Lipinski definition) is 0. The van der Waals surface area contributed by atoms with E-state index in [0.717, 1.165) is 0 Å². The summed E-state index contributed by atoms with van der Waals surface area (Å²) in [6.07, 6.45) is 0.562. The first-order valence-corrected chi connectivity index (χ1v) is 5.98. The summed E-state index contributed by atoms with van der Waals surface area (Å²) < 4.78 is 44.4. The van der Waals surface area contributed by atoms with Gasteiger partial charge < -0.3 is 4.74 Å². The van der Waals surface area contributed by atoms with Crippen LogP contribution >= 0.6 is 0 Å². The molecule has 1 saturated carbocycles. The fourth-order valence-electron chi connectivity index (χ4n) is 2.68. The van der Waals surface area contributed by atoms with E-state index in [1.165, 1.54) is 25.2 Å². The minimum absolute atomic E-state index is 0.190. The highest BCUT2D eigenvalue weighted by molar-refractivity contribution is 6.08. The summed E-state index contributed by atoms with van der Waals surface area (Å²) in [5.41, 5.74) is -3.02. The van der Waals surface area contributed by atoms with Crippen molar-refractivity contribution in [3.8, 4) is 0 Å². The Morgan fingerprint density at radius 1 is 1.42 bits per heavy atom. The van der Waals surface area contributed by atoms with Crippen LogP contribution in [0.1, 0.15) is 13.3 Å². The Bertz CT molecular complexity index is 464. The Morgan fingerprint density at radius 2 is 2.05 bits per heavy atom. The van der Waals surface area contributed by atoms with Crippen LogP contribution in [0, 0.1) is 17.3 Å². The highest BCUT2D eigenvalue weighted by Gasteiger charge is 2.71. The van der Waals surface area contributed by atoms with Gasteiger partial charge in [0.05, 0.1) is 6.61 Å². The van der Waals surface area contributed by atoms with Gasteiger partial charge in [-0.1, -0.05) is 24.3 Å². The second-order valence-corrected chi connectivity index (χ2v) is 4.65. The molecule has 0 aliphatic heterocycles. The van der Waals surface area contributed by atoms with Gasteiger partial charge in [0, 0.05) is 5.92 Å². The van der Waals surface area contributed by atoms with Gasteiger partial charge in [-0.25, -0.2) is 0 Å². The molecule has 0 bridgehead atoms. The van der Waals surface area contributed by atoms with E-state index in [2.05, 4.69) is 4.74 Å². The van der Waals surface area contributed by atoms with Crippen LogP contribution in [-0.2, 0) is 14.3 Å². The smallest absolute Gasteiger partial charge is 0.411 e. The van der Waals surface area contributed by atoms with E-state index in [1.54, 1.807) is 6.08 Å². The molecule has 3 unspecified atom stereocenters. The number of halogens is 3. The molecule has 3 atom stereocenters. The quantitative estimate of drug-likeness (QED) is 0.573. The first-order chi connectivity index (χ1) is 8.84. The number of carbonyl (C=O) groups excluding carboxylic acids is 2. The third kappa shape index (κ3) is 1.89. The summed E-state index contributed by atoms with van der Waals surface area (Å²) >= 11 is 0. The first-order valence-electron chi connectivity index (χ1n) is 5.98. The molecule has 104 valence electrons. The largest absolute Gasteiger partial charge is 0.465 e. The molecule has 0 saturated heterocycles. The van der Waals surface area contributed by atoms with E-state index < -0.39 is 41.6 Å². The van der Waals surface area contributed by atoms with Crippen LogP contribution in [0.4, 0.5) is 13.2 Å². The number of alkyl halides is 3. The molecule has 2 aliphatic rings. The van der Waals surface area contributed by atoms with Crippen LogP contribution < -0.4 is 0 Å². The highest BCUT2D eigenvalue weighted by Crippen LogP contribution is 2.54. The molecule has 0 aromatic carbocycles. The molecule has 0 aromatic heterocycles. The summed E-state index contributed by atoms with van der Waals surface area (Å²) in [7, 11) is 0. The molecule has 1 fully saturated rings. The van der Waals surface area contributed by atoms with E-state index in [4.69, 9.17) is 0 Å². The van der Waals surface area contributed by atoms with Crippen molar-refractivity contribution in [3.63, 3.8) is 0 Å². The molecule has 19 heavy (non-hydrogen) atoms. The predicted octanol–water partition coefficient (Wildman–Crippen LogP) is 2.43. The fourth-order valence-corrected chi connectivity index (χ4v) is 2.68. The molecule has 6 heteroatoms. The zero-order valence-corrected chi connectivity index (χ0v) is 10.2. The summed E-state index contributed by atoms with van der Waals surface area (Å²) in [6.45, 7) is 1.22. The Hall–Kier alpha value is -1.59. The molecule has 3 nitrogen and oxygen atoms in total. The van der Waals surface area contributed by atoms with Crippen LogP contribution in [0.3, 0.4) is 0 Å². The van der Waals surface area contributed by atoms with Gasteiger partial charge in [-0.05, 0) is 19.3 Å². The SMILES string of the molecule is CCOC(=O)C1(C(F)(F)F)CC2C=CC=CC2C1=O. The fraction of sp³-hybridized carbons (Fsp3) is 0.538. The van der Waals surface area contributed by atoms with Gasteiger partial charge >= 0.3 is 12.1 Å². The number of hydrogen-bond acceptors (Lipinski definition) is 3. The maximum absolute atomic E-state index is 13.3. The van der Waals surface area contributed by atoms with Crippen molar-refractivity contribution in [1.29, 1.82) is 0 Å². The number of allylic oxidation sites excluding steroid dienone is 4. The van der Waals surface area contributed by atoms with E-state index in [9.17, 15) is 22.8 Å². The Labute approximate surface area is 108 Å². The highest BCUT2D eigenvalue weighted by atomic mass is 19.4. The van der Waals surface area contributed by atoms with Crippen molar-refractivity contribution in [2.45, 2.75) is 19.5 Å². The van der Waals surface area contributed by atoms with E-state index in [0.29, 0.717) is 0 Å². The van der Waals surface area contributed by atoms with Gasteiger partial charge in [0.1, 0.15) is 0 Å². The number of esters is 1. The Morgan fingerprint density at radius 3 is 2.58 bits per heavy atom. The van der Waals surface area contributed by atoms with Crippen LogP contribution in [0.15, 0.2) is 24.3 Å². The van der Waals surface area contributed by atoms with Crippen molar-refractivity contribution in [1.82, 2.24) is 0 Å². The summed E-state index contributed by atoms with van der Waals surface area (Å²) in [5, 5.41) is 0. The minimum atomic E-state index is -4.94. The summed E-state index contributed by atoms with van der Waals surface area (Å²) in [6, 6.07) is 0. The van der Waals surface area contributed by atoms with Crippen molar-refractivity contribution < 1.29 is 27.5 Å². The molecule has 0 amide bonds. The molecule has 2 rings (SSSR count). The first kappa shape index (κ1) is 13.8. The number of rotatable bonds is 2. The van der Waals surface area contributed by atoms with Crippen molar-refractivity contribution in [3.05, 3.63) is 24.3 Å². The van der Waals surface area contributed by atoms with Gasteiger partial charge in [-0.15, -0.1) is 0 Å². The van der Waals surface area contributed by atoms with E-state index >= 15 is 0 Å². The lowest BCUT2D eigenvalue weighted by Gasteiger charge is -2.27. The normalized spacial score (nSPS) is 33.4. The lowest BCUT2D eigenvalue weighted by atomic mass is 9.83. The predicted molar refractivity (Wildman–Crippen MR) is 60.0 cm³/mol. The van der Waals surface area contributed by atoms with Crippen LogP contribution in [-0.4, -0.2) is 24.5 Å². The monoisotopic (exact) mass is 274 g/mol. The topological polar surface area (TPSA) is 43.4 Å². The molecule has 0 spiro atoms. The molecular weight excluding hydrogens is 261 g/mol. The number of Topliss-reactive ketones (excluding diaryl/α,β-unsaturated/α-hetero) is 1. The van der Waals surface area contributed by atoms with Crippen molar-refractivity contribution in [2.75, 3.05) is 6.61 Å². The van der Waals surface area contributed by atoms with Gasteiger partial charge in [0.2, 0.25) is 5.41 Å². The molecular formula is C13H13F3O3. The lowest BCUT2D eigenvalue weighted by Crippen LogP contribution is -2.50. The van der Waals surface area contributed by atoms with Crippen molar-refractivity contribution in [2.24, 2.45) is 17.3 Å². The van der Waals surface area contributed by atoms with Crippen LogP contribution in [0.25, 0.3) is 0 Å². The number of fused-ring (bicyclic) bond motifs is 1. The maximum atomic E-state index is 13.3. The Kier molecular flexibility index (Phi) is 3.28. The zero-order chi connectivity index (χ0) is 14.3. The van der Waals surface area contributed by atoms with Crippen LogP contribution in [0.5, 0.6) is 0 Å². The maximum Gasteiger partial charge on any atom is 0.411 e. The van der Waals surface area contributed by atoms with Gasteiger partial charge in [-0.2, -0.15) is 13.2 Å². The third-order valence-electron chi connectivity index (χ3n) is 3.62. The third-order valence-corrected chi connectivity index (χ3v) is 3.62. The molecule has 0 radical (unpaired) electrons. The zero-order valence-electron chi connectivity index (χ0n) is 10.2. The summed E-state index contributed by atoms with van der Waals surface area (Å²) in [4.78, 5) is 23.9. The van der Waals surface area contributed by atoms with E-state index in [1.807, 2.05) is 0 Å². The molecule has 2 aliphatic carbocycles. The number of carbonyl (C=O) groups is 2. The minimum Gasteiger partial charge on any atom is -0.465 e. The Balaban J connectivity index is 2.46. The molecule has 0 N–H and O–H groups in total. The van der Waals surface area contributed by atoms with E-state index in [-0.39, 0.29) is 6.61 Å². The number of ether oxygens (including phenoxy) is 1. The average molecular weight is 274 g/mol. The second kappa shape index (κ2) is 4.51. The molecule has 0 aromatic rings. The number of ketones is 1. The van der Waals surface area contributed by atoms with Crippen molar-refractivity contribution >= 4 is 11.8 Å². The average Bonchev–Trinajstić information content (AvgIpc) is 2.64.